The Balaban J connectivity index is 1.49. The number of carbonyl (C=O) groups excluding carboxylic acids is 1. The van der Waals surface area contributed by atoms with Gasteiger partial charge in [0.15, 0.2) is 6.10 Å². The number of aromatic nitrogens is 4. The van der Waals surface area contributed by atoms with Crippen LogP contribution in [0.15, 0.2) is 34.9 Å². The molecular weight excluding hydrogens is 427 g/mol. The molecule has 0 saturated carbocycles. The molecule has 1 aliphatic heterocycles. The predicted molar refractivity (Wildman–Crippen MR) is 107 cm³/mol. The van der Waals surface area contributed by atoms with Crippen molar-refractivity contribution in [1.82, 2.24) is 25.2 Å². The van der Waals surface area contributed by atoms with Gasteiger partial charge in [0.2, 0.25) is 5.82 Å². The molecule has 8 nitrogen and oxygen atoms in total. The van der Waals surface area contributed by atoms with Crippen LogP contribution >= 0.6 is 0 Å². The largest absolute Gasteiger partial charge is 0.416 e. The number of benzene rings is 1. The minimum atomic E-state index is -4.48. The zero-order valence-corrected chi connectivity index (χ0v) is 17.7. The Bertz CT molecular complexity index is 1120. The van der Waals surface area contributed by atoms with Gasteiger partial charge in [0, 0.05) is 23.2 Å². The van der Waals surface area contributed by atoms with E-state index >= 15 is 0 Å². The van der Waals surface area contributed by atoms with Crippen LogP contribution in [-0.4, -0.2) is 50.8 Å². The second kappa shape index (κ2) is 8.05. The Hall–Kier alpha value is -3.21. The molecule has 1 aromatic carbocycles. The zero-order valence-electron chi connectivity index (χ0n) is 17.7. The SMILES string of the molecule is CC(C)(C)c1cc(C(=O)N2CCOC(c3nc(-c4cccc(C(F)(F)F)c4)no3)C2)n[nH]1. The molecule has 0 aliphatic carbocycles. The number of morpholine rings is 1. The number of ether oxygens (including phenoxy) is 1. The molecule has 32 heavy (non-hydrogen) atoms. The summed E-state index contributed by atoms with van der Waals surface area (Å²) in [6.45, 7) is 6.79. The van der Waals surface area contributed by atoms with Gasteiger partial charge in [-0.3, -0.25) is 9.89 Å². The van der Waals surface area contributed by atoms with Crippen molar-refractivity contribution in [2.45, 2.75) is 38.5 Å². The molecule has 1 atom stereocenters. The Morgan fingerprint density at radius 3 is 2.69 bits per heavy atom. The maximum atomic E-state index is 13.0. The molecule has 11 heteroatoms. The number of H-pyrrole nitrogens is 1. The van der Waals surface area contributed by atoms with Gasteiger partial charge in [-0.15, -0.1) is 0 Å². The average Bonchev–Trinajstić information content (AvgIpc) is 3.43. The number of halogens is 3. The van der Waals surface area contributed by atoms with Gasteiger partial charge in [0.05, 0.1) is 18.7 Å². The van der Waals surface area contributed by atoms with Crippen molar-refractivity contribution in [2.75, 3.05) is 19.7 Å². The van der Waals surface area contributed by atoms with Crippen LogP contribution < -0.4 is 0 Å². The van der Waals surface area contributed by atoms with Crippen molar-refractivity contribution in [2.24, 2.45) is 0 Å². The average molecular weight is 449 g/mol. The smallest absolute Gasteiger partial charge is 0.365 e. The van der Waals surface area contributed by atoms with Crippen molar-refractivity contribution < 1.29 is 27.2 Å². The fourth-order valence-corrected chi connectivity index (χ4v) is 3.28. The molecule has 1 aliphatic rings. The van der Waals surface area contributed by atoms with Crippen LogP contribution in [0.5, 0.6) is 0 Å². The third-order valence-electron chi connectivity index (χ3n) is 5.12. The molecule has 1 fully saturated rings. The maximum absolute atomic E-state index is 13.0. The maximum Gasteiger partial charge on any atom is 0.416 e. The van der Waals surface area contributed by atoms with Crippen molar-refractivity contribution in [3.63, 3.8) is 0 Å². The highest BCUT2D eigenvalue weighted by molar-refractivity contribution is 5.92. The third-order valence-corrected chi connectivity index (χ3v) is 5.12. The van der Waals surface area contributed by atoms with Crippen molar-refractivity contribution in [3.8, 4) is 11.4 Å². The number of nitrogens with one attached hydrogen (secondary N) is 1. The number of amides is 1. The highest BCUT2D eigenvalue weighted by atomic mass is 19.4. The number of aromatic amines is 1. The molecular formula is C21H22F3N5O3. The van der Waals surface area contributed by atoms with Crippen LogP contribution in [0.2, 0.25) is 0 Å². The minimum Gasteiger partial charge on any atom is -0.365 e. The molecule has 0 spiro atoms. The summed E-state index contributed by atoms with van der Waals surface area (Å²) in [4.78, 5) is 18.7. The Morgan fingerprint density at radius 1 is 1.22 bits per heavy atom. The lowest BCUT2D eigenvalue weighted by Crippen LogP contribution is -2.42. The minimum absolute atomic E-state index is 0.0141. The second-order valence-electron chi connectivity index (χ2n) is 8.56. The number of nitrogens with zero attached hydrogens (tertiary/aromatic N) is 4. The van der Waals surface area contributed by atoms with E-state index in [1.54, 1.807) is 11.0 Å². The van der Waals surface area contributed by atoms with Gasteiger partial charge in [-0.1, -0.05) is 38.1 Å². The van der Waals surface area contributed by atoms with Crippen LogP contribution in [0.1, 0.15) is 54.5 Å². The topological polar surface area (TPSA) is 97.1 Å². The molecule has 4 rings (SSSR count). The van der Waals surface area contributed by atoms with E-state index in [0.29, 0.717) is 12.2 Å². The van der Waals surface area contributed by atoms with E-state index in [0.717, 1.165) is 17.8 Å². The summed E-state index contributed by atoms with van der Waals surface area (Å²) in [6, 6.07) is 6.40. The number of hydrogen-bond acceptors (Lipinski definition) is 6. The molecule has 1 saturated heterocycles. The van der Waals surface area contributed by atoms with E-state index in [-0.39, 0.29) is 41.8 Å². The standard InChI is InChI=1S/C21H22F3N5O3/c1-20(2,3)16-10-14(26-27-16)19(30)29-7-8-31-15(11-29)18-25-17(28-32-18)12-5-4-6-13(9-12)21(22,23)24/h4-6,9-10,15H,7-8,11H2,1-3H3,(H,26,27). The highest BCUT2D eigenvalue weighted by Crippen LogP contribution is 2.32. The fourth-order valence-electron chi connectivity index (χ4n) is 3.28. The van der Waals surface area contributed by atoms with Crippen molar-refractivity contribution in [1.29, 1.82) is 0 Å². The monoisotopic (exact) mass is 449 g/mol. The Kier molecular flexibility index (Phi) is 5.53. The van der Waals surface area contributed by atoms with Crippen LogP contribution in [0, 0.1) is 0 Å². The first-order chi connectivity index (χ1) is 15.0. The molecule has 1 amide bonds. The summed E-state index contributed by atoms with van der Waals surface area (Å²) in [5.41, 5.74) is 0.326. The van der Waals surface area contributed by atoms with Crippen LogP contribution in [0.3, 0.4) is 0 Å². The Labute approximate surface area is 181 Å². The summed E-state index contributed by atoms with van der Waals surface area (Å²) < 4.78 is 49.8. The van der Waals surface area contributed by atoms with Gasteiger partial charge in [-0.25, -0.2) is 0 Å². The first-order valence-electron chi connectivity index (χ1n) is 10.0. The lowest BCUT2D eigenvalue weighted by molar-refractivity contribution is -0.137. The summed E-state index contributed by atoms with van der Waals surface area (Å²) in [5, 5.41) is 10.8. The summed E-state index contributed by atoms with van der Waals surface area (Å²) >= 11 is 0. The van der Waals surface area contributed by atoms with Crippen LogP contribution in [0.25, 0.3) is 11.4 Å². The van der Waals surface area contributed by atoms with Gasteiger partial charge in [0.25, 0.3) is 11.8 Å². The molecule has 2 aromatic heterocycles. The van der Waals surface area contributed by atoms with E-state index in [2.05, 4.69) is 20.3 Å². The molecule has 170 valence electrons. The van der Waals surface area contributed by atoms with Crippen LogP contribution in [-0.2, 0) is 16.3 Å². The van der Waals surface area contributed by atoms with E-state index in [4.69, 9.17) is 9.26 Å². The lowest BCUT2D eigenvalue weighted by atomic mass is 9.92. The number of rotatable bonds is 3. The predicted octanol–water partition coefficient (Wildman–Crippen LogP) is 3.99. The van der Waals surface area contributed by atoms with Crippen molar-refractivity contribution in [3.05, 3.63) is 53.2 Å². The highest BCUT2D eigenvalue weighted by Gasteiger charge is 2.33. The molecule has 1 N–H and O–H groups in total. The Morgan fingerprint density at radius 2 is 2.00 bits per heavy atom. The van der Waals surface area contributed by atoms with Gasteiger partial charge in [0.1, 0.15) is 5.69 Å². The van der Waals surface area contributed by atoms with Gasteiger partial charge in [-0.2, -0.15) is 23.3 Å². The first kappa shape index (κ1) is 22.0. The fraction of sp³-hybridized carbons (Fsp3) is 0.429. The third kappa shape index (κ3) is 4.52. The number of carbonyl (C=O) groups is 1. The van der Waals surface area contributed by atoms with E-state index in [9.17, 15) is 18.0 Å². The molecule has 3 heterocycles. The van der Waals surface area contributed by atoms with Gasteiger partial charge in [-0.05, 0) is 18.2 Å². The summed E-state index contributed by atoms with van der Waals surface area (Å²) in [7, 11) is 0. The number of alkyl halides is 3. The zero-order chi connectivity index (χ0) is 23.1. The second-order valence-corrected chi connectivity index (χ2v) is 8.56. The molecule has 0 radical (unpaired) electrons. The molecule has 1 unspecified atom stereocenters. The van der Waals surface area contributed by atoms with Crippen LogP contribution in [0.4, 0.5) is 13.2 Å². The van der Waals surface area contributed by atoms with E-state index in [1.807, 2.05) is 20.8 Å². The van der Waals surface area contributed by atoms with Crippen molar-refractivity contribution >= 4 is 5.91 Å². The van der Waals surface area contributed by atoms with Gasteiger partial charge >= 0.3 is 6.18 Å². The lowest BCUT2D eigenvalue weighted by Gasteiger charge is -2.30. The molecule has 0 bridgehead atoms. The van der Waals surface area contributed by atoms with E-state index < -0.39 is 17.8 Å². The summed E-state index contributed by atoms with van der Waals surface area (Å²) in [6.07, 6.45) is -5.17. The molecule has 3 aromatic rings. The number of hydrogen-bond donors (Lipinski definition) is 1. The van der Waals surface area contributed by atoms with E-state index in [1.165, 1.54) is 12.1 Å². The summed E-state index contributed by atoms with van der Waals surface area (Å²) in [5.74, 6) is -0.157. The first-order valence-corrected chi connectivity index (χ1v) is 10.0. The van der Waals surface area contributed by atoms with Gasteiger partial charge < -0.3 is 14.2 Å². The normalized spacial score (nSPS) is 17.6. The quantitative estimate of drug-likeness (QED) is 0.650.